The molecule has 0 spiro atoms. The molecule has 94 valence electrons. The number of hydrogen-bond acceptors (Lipinski definition) is 5. The molecule has 1 aliphatic heterocycles. The van der Waals surface area contributed by atoms with Crippen LogP contribution in [0.1, 0.15) is 15.9 Å². The van der Waals surface area contributed by atoms with Crippen molar-refractivity contribution in [1.82, 2.24) is 5.32 Å². The van der Waals surface area contributed by atoms with Crippen LogP contribution < -0.4 is 10.8 Å². The third-order valence-electron chi connectivity index (χ3n) is 2.69. The van der Waals surface area contributed by atoms with Gasteiger partial charge in [-0.15, -0.1) is 0 Å². The Labute approximate surface area is 104 Å². The second kappa shape index (κ2) is 5.20. The van der Waals surface area contributed by atoms with E-state index in [2.05, 4.69) is 10.1 Å². The van der Waals surface area contributed by atoms with Gasteiger partial charge in [0.05, 0.1) is 13.7 Å². The van der Waals surface area contributed by atoms with Gasteiger partial charge >= 0.3 is 13.1 Å². The van der Waals surface area contributed by atoms with Gasteiger partial charge in [0.1, 0.15) is 6.54 Å². The predicted molar refractivity (Wildman–Crippen MR) is 63.2 cm³/mol. The average Bonchev–Trinajstić information content (AvgIpc) is 2.76. The summed E-state index contributed by atoms with van der Waals surface area (Å²) in [5.41, 5.74) is 1.80. The quantitative estimate of drug-likeness (QED) is 0.519. The molecule has 0 unspecified atom stereocenters. The van der Waals surface area contributed by atoms with Gasteiger partial charge < -0.3 is 19.7 Å². The Morgan fingerprint density at radius 2 is 2.33 bits per heavy atom. The van der Waals surface area contributed by atoms with Gasteiger partial charge in [0.15, 0.2) is 0 Å². The van der Waals surface area contributed by atoms with Crippen LogP contribution in [0.15, 0.2) is 18.2 Å². The highest BCUT2D eigenvalue weighted by atomic mass is 16.5. The first-order valence-electron chi connectivity index (χ1n) is 5.39. The van der Waals surface area contributed by atoms with Crippen molar-refractivity contribution < 1.29 is 24.0 Å². The highest BCUT2D eigenvalue weighted by Crippen LogP contribution is 2.11. The second-order valence-electron chi connectivity index (χ2n) is 3.84. The Kier molecular flexibility index (Phi) is 3.64. The van der Waals surface area contributed by atoms with Crippen LogP contribution >= 0.6 is 0 Å². The number of benzene rings is 1. The fourth-order valence-corrected chi connectivity index (χ4v) is 1.68. The first kappa shape index (κ1) is 12.6. The van der Waals surface area contributed by atoms with E-state index < -0.39 is 19.0 Å². The van der Waals surface area contributed by atoms with E-state index in [1.165, 1.54) is 7.11 Å². The molecule has 2 N–H and O–H groups in total. The molecule has 0 fully saturated rings. The largest absolute Gasteiger partial charge is 0.491 e. The highest BCUT2D eigenvalue weighted by Gasteiger charge is 2.27. The van der Waals surface area contributed by atoms with Crippen molar-refractivity contribution >= 4 is 24.5 Å². The van der Waals surface area contributed by atoms with Gasteiger partial charge in [0.2, 0.25) is 0 Å². The van der Waals surface area contributed by atoms with Crippen LogP contribution in [0.3, 0.4) is 0 Å². The lowest BCUT2D eigenvalue weighted by atomic mass is 9.79. The number of amides is 1. The maximum atomic E-state index is 11.7. The Balaban J connectivity index is 2.07. The molecule has 1 aromatic rings. The molecule has 1 aliphatic rings. The molecule has 0 aliphatic carbocycles. The maximum Gasteiger partial charge on any atom is 0.491 e. The molecule has 2 rings (SSSR count). The number of fused-ring (bicyclic) bond motifs is 1. The van der Waals surface area contributed by atoms with E-state index in [4.69, 9.17) is 4.65 Å². The zero-order chi connectivity index (χ0) is 13.1. The number of hydrogen-bond donors (Lipinski definition) is 2. The molecule has 1 heterocycles. The molecule has 0 aromatic heterocycles. The fourth-order valence-electron chi connectivity index (χ4n) is 1.68. The Morgan fingerprint density at radius 3 is 3.06 bits per heavy atom. The van der Waals surface area contributed by atoms with Gasteiger partial charge in [-0.2, -0.15) is 0 Å². The SMILES string of the molecule is COC(=O)CNC(=O)c1ccc2c(c1)B(O)OC2. The second-order valence-corrected chi connectivity index (χ2v) is 3.84. The van der Waals surface area contributed by atoms with Crippen molar-refractivity contribution in [3.05, 3.63) is 29.3 Å². The molecule has 1 amide bonds. The Bertz CT molecular complexity index is 490. The summed E-state index contributed by atoms with van der Waals surface area (Å²) in [6.45, 7) is 0.145. The summed E-state index contributed by atoms with van der Waals surface area (Å²) in [4.78, 5) is 22.6. The van der Waals surface area contributed by atoms with E-state index in [1.807, 2.05) is 0 Å². The van der Waals surface area contributed by atoms with Crippen molar-refractivity contribution in [2.75, 3.05) is 13.7 Å². The number of carbonyl (C=O) groups excluding carboxylic acids is 2. The maximum absolute atomic E-state index is 11.7. The summed E-state index contributed by atoms with van der Waals surface area (Å²) in [5, 5.41) is 11.9. The van der Waals surface area contributed by atoms with Crippen LogP contribution in [0, 0.1) is 0 Å². The van der Waals surface area contributed by atoms with Gasteiger partial charge in [-0.05, 0) is 23.2 Å². The number of nitrogens with one attached hydrogen (secondary N) is 1. The molecule has 0 bridgehead atoms. The van der Waals surface area contributed by atoms with E-state index in [9.17, 15) is 14.6 Å². The van der Waals surface area contributed by atoms with Crippen LogP contribution in [0.25, 0.3) is 0 Å². The van der Waals surface area contributed by atoms with Crippen LogP contribution in [-0.2, 0) is 20.8 Å². The van der Waals surface area contributed by atoms with Crippen LogP contribution in [0.2, 0.25) is 0 Å². The summed E-state index contributed by atoms with van der Waals surface area (Å²) < 4.78 is 9.44. The van der Waals surface area contributed by atoms with E-state index in [0.717, 1.165) is 5.56 Å². The highest BCUT2D eigenvalue weighted by molar-refractivity contribution is 6.61. The number of rotatable bonds is 3. The normalized spacial score (nSPS) is 13.1. The lowest BCUT2D eigenvalue weighted by Crippen LogP contribution is -2.33. The minimum absolute atomic E-state index is 0.189. The van der Waals surface area contributed by atoms with Gasteiger partial charge in [-0.1, -0.05) is 6.07 Å². The van der Waals surface area contributed by atoms with Gasteiger partial charge in [0.25, 0.3) is 5.91 Å². The summed E-state index contributed by atoms with van der Waals surface area (Å²) >= 11 is 0. The van der Waals surface area contributed by atoms with Crippen molar-refractivity contribution in [2.24, 2.45) is 0 Å². The number of methoxy groups -OCH3 is 1. The van der Waals surface area contributed by atoms with Crippen LogP contribution in [0.4, 0.5) is 0 Å². The molecule has 1 aromatic carbocycles. The lowest BCUT2D eigenvalue weighted by Gasteiger charge is -2.05. The summed E-state index contributed by atoms with van der Waals surface area (Å²) in [5.74, 6) is -0.921. The Hall–Kier alpha value is -1.86. The van der Waals surface area contributed by atoms with Crippen LogP contribution in [0.5, 0.6) is 0 Å². The third-order valence-corrected chi connectivity index (χ3v) is 2.69. The third kappa shape index (κ3) is 2.52. The lowest BCUT2D eigenvalue weighted by molar-refractivity contribution is -0.139. The van der Waals surface area contributed by atoms with Crippen molar-refractivity contribution in [1.29, 1.82) is 0 Å². The van der Waals surface area contributed by atoms with E-state index in [0.29, 0.717) is 17.6 Å². The monoisotopic (exact) mass is 249 g/mol. The van der Waals surface area contributed by atoms with E-state index in [-0.39, 0.29) is 6.54 Å². The summed E-state index contributed by atoms with van der Waals surface area (Å²) in [7, 11) is 0.255. The zero-order valence-electron chi connectivity index (χ0n) is 9.80. The molecule has 0 atom stereocenters. The topological polar surface area (TPSA) is 84.9 Å². The predicted octanol–water partition coefficient (Wildman–Crippen LogP) is -1.19. The first-order chi connectivity index (χ1) is 8.61. The number of esters is 1. The Morgan fingerprint density at radius 1 is 1.56 bits per heavy atom. The van der Waals surface area contributed by atoms with Crippen molar-refractivity contribution in [3.8, 4) is 0 Å². The van der Waals surface area contributed by atoms with E-state index >= 15 is 0 Å². The molecule has 7 heteroatoms. The molecule has 18 heavy (non-hydrogen) atoms. The van der Waals surface area contributed by atoms with Gasteiger partial charge in [-0.3, -0.25) is 9.59 Å². The van der Waals surface area contributed by atoms with Crippen molar-refractivity contribution in [2.45, 2.75) is 6.61 Å². The number of carbonyl (C=O) groups is 2. The molecular weight excluding hydrogens is 237 g/mol. The summed E-state index contributed by atoms with van der Waals surface area (Å²) in [6, 6.07) is 4.89. The van der Waals surface area contributed by atoms with Gasteiger partial charge in [0, 0.05) is 5.56 Å². The van der Waals surface area contributed by atoms with E-state index in [1.54, 1.807) is 18.2 Å². The fraction of sp³-hybridized carbons (Fsp3) is 0.273. The molecule has 6 nitrogen and oxygen atoms in total. The minimum Gasteiger partial charge on any atom is -0.468 e. The average molecular weight is 249 g/mol. The van der Waals surface area contributed by atoms with Crippen LogP contribution in [-0.4, -0.2) is 37.7 Å². The summed E-state index contributed by atoms with van der Waals surface area (Å²) in [6.07, 6.45) is 0. The standard InChI is InChI=1S/C11H12BNO5/c1-17-10(14)5-13-11(15)7-2-3-8-6-18-12(16)9(8)4-7/h2-4,16H,5-6H2,1H3,(H,13,15). The molecule has 0 saturated carbocycles. The molecule has 0 saturated heterocycles. The molecule has 0 radical (unpaired) electrons. The smallest absolute Gasteiger partial charge is 0.468 e. The molecular formula is C11H12BNO5. The van der Waals surface area contributed by atoms with Crippen molar-refractivity contribution in [3.63, 3.8) is 0 Å². The first-order valence-corrected chi connectivity index (χ1v) is 5.39. The number of ether oxygens (including phenoxy) is 1. The minimum atomic E-state index is -0.992. The zero-order valence-corrected chi connectivity index (χ0v) is 9.80. The van der Waals surface area contributed by atoms with Gasteiger partial charge in [-0.25, -0.2) is 0 Å².